The first-order chi connectivity index (χ1) is 10.1. The van der Waals surface area contributed by atoms with Gasteiger partial charge in [0.15, 0.2) is 0 Å². The standard InChI is InChI=1S/C16H25NO3S/c18-12-11-16(15-9-5-2-6-10-15)17-21(19,20)13-14-7-3-1-4-8-14/h2,5-6,9-10,14,16-18H,1,3-4,7-8,11-13H2/t16-/m1/s1. The van der Waals surface area contributed by atoms with Gasteiger partial charge in [0.25, 0.3) is 0 Å². The molecule has 1 aliphatic carbocycles. The summed E-state index contributed by atoms with van der Waals surface area (Å²) in [5.41, 5.74) is 0.902. The van der Waals surface area contributed by atoms with Crippen LogP contribution < -0.4 is 4.72 Å². The van der Waals surface area contributed by atoms with E-state index in [9.17, 15) is 13.5 Å². The molecule has 0 spiro atoms. The van der Waals surface area contributed by atoms with E-state index in [1.165, 1.54) is 6.42 Å². The van der Waals surface area contributed by atoms with Crippen LogP contribution in [0.15, 0.2) is 30.3 Å². The van der Waals surface area contributed by atoms with Gasteiger partial charge >= 0.3 is 0 Å². The molecule has 4 nitrogen and oxygen atoms in total. The molecule has 0 heterocycles. The third kappa shape index (κ3) is 5.41. The van der Waals surface area contributed by atoms with Crippen LogP contribution in [0.1, 0.15) is 50.1 Å². The maximum Gasteiger partial charge on any atom is 0.212 e. The van der Waals surface area contributed by atoms with Crippen LogP contribution in [0.5, 0.6) is 0 Å². The molecule has 1 atom stereocenters. The monoisotopic (exact) mass is 311 g/mol. The van der Waals surface area contributed by atoms with Gasteiger partial charge < -0.3 is 5.11 Å². The minimum absolute atomic E-state index is 0.0362. The number of aliphatic hydroxyl groups is 1. The molecule has 0 aromatic heterocycles. The lowest BCUT2D eigenvalue weighted by molar-refractivity contribution is 0.272. The zero-order valence-corrected chi connectivity index (χ0v) is 13.2. The molecule has 2 rings (SSSR count). The molecule has 0 bridgehead atoms. The van der Waals surface area contributed by atoms with E-state index in [1.807, 2.05) is 30.3 Å². The first-order valence-electron chi connectivity index (χ1n) is 7.76. The first-order valence-corrected chi connectivity index (χ1v) is 9.42. The third-order valence-corrected chi connectivity index (χ3v) is 5.68. The average Bonchev–Trinajstić information content (AvgIpc) is 2.48. The van der Waals surface area contributed by atoms with E-state index >= 15 is 0 Å². The van der Waals surface area contributed by atoms with Gasteiger partial charge in [-0.25, -0.2) is 13.1 Å². The highest BCUT2D eigenvalue weighted by molar-refractivity contribution is 7.89. The molecular formula is C16H25NO3S. The smallest absolute Gasteiger partial charge is 0.212 e. The summed E-state index contributed by atoms with van der Waals surface area (Å²) >= 11 is 0. The molecule has 1 fully saturated rings. The van der Waals surface area contributed by atoms with Crippen LogP contribution >= 0.6 is 0 Å². The van der Waals surface area contributed by atoms with E-state index in [-0.39, 0.29) is 24.3 Å². The van der Waals surface area contributed by atoms with Crippen LogP contribution in [-0.4, -0.2) is 25.9 Å². The lowest BCUT2D eigenvalue weighted by atomic mass is 9.91. The summed E-state index contributed by atoms with van der Waals surface area (Å²) in [5.74, 6) is 0.490. The Labute approximate surface area is 127 Å². The second kappa shape index (κ2) is 7.92. The lowest BCUT2D eigenvalue weighted by Crippen LogP contribution is -2.34. The quantitative estimate of drug-likeness (QED) is 0.813. The summed E-state index contributed by atoms with van der Waals surface area (Å²) in [7, 11) is -3.31. The Kier molecular flexibility index (Phi) is 6.21. The normalized spacial score (nSPS) is 18.5. The summed E-state index contributed by atoms with van der Waals surface area (Å²) in [6, 6.07) is 9.11. The van der Waals surface area contributed by atoms with E-state index in [0.29, 0.717) is 6.42 Å². The molecule has 0 radical (unpaired) electrons. The average molecular weight is 311 g/mol. The second-order valence-corrected chi connectivity index (χ2v) is 7.68. The van der Waals surface area contributed by atoms with Crippen molar-refractivity contribution in [2.24, 2.45) is 5.92 Å². The molecule has 1 aliphatic rings. The molecule has 0 amide bonds. The molecule has 0 aliphatic heterocycles. The third-order valence-electron chi connectivity index (χ3n) is 4.12. The molecule has 0 saturated heterocycles. The summed E-state index contributed by atoms with van der Waals surface area (Å²) in [6.45, 7) is -0.0362. The van der Waals surface area contributed by atoms with Gasteiger partial charge in [-0.05, 0) is 30.7 Å². The van der Waals surface area contributed by atoms with Crippen molar-refractivity contribution in [1.29, 1.82) is 0 Å². The number of hydrogen-bond acceptors (Lipinski definition) is 3. The molecular weight excluding hydrogens is 286 g/mol. The summed E-state index contributed by atoms with van der Waals surface area (Å²) in [5, 5.41) is 9.18. The van der Waals surface area contributed by atoms with Gasteiger partial charge in [-0.1, -0.05) is 49.6 Å². The van der Waals surface area contributed by atoms with Crippen molar-refractivity contribution >= 4 is 10.0 Å². The van der Waals surface area contributed by atoms with Crippen LogP contribution in [-0.2, 0) is 10.0 Å². The Morgan fingerprint density at radius 2 is 1.81 bits per heavy atom. The molecule has 1 aromatic rings. The fourth-order valence-electron chi connectivity index (χ4n) is 3.04. The zero-order valence-electron chi connectivity index (χ0n) is 12.4. The maximum absolute atomic E-state index is 12.4. The van der Waals surface area contributed by atoms with Crippen LogP contribution in [0, 0.1) is 5.92 Å². The van der Waals surface area contributed by atoms with Gasteiger partial charge in [-0.15, -0.1) is 0 Å². The van der Waals surface area contributed by atoms with Crippen molar-refractivity contribution in [2.45, 2.75) is 44.6 Å². The Morgan fingerprint density at radius 1 is 1.14 bits per heavy atom. The summed E-state index contributed by atoms with van der Waals surface area (Å²) < 4.78 is 27.5. The second-order valence-electron chi connectivity index (χ2n) is 5.88. The van der Waals surface area contributed by atoms with Crippen LogP contribution in [0.2, 0.25) is 0 Å². The van der Waals surface area contributed by atoms with Crippen LogP contribution in [0.3, 0.4) is 0 Å². The predicted octanol–water partition coefficient (Wildman–Crippen LogP) is 2.61. The van der Waals surface area contributed by atoms with Crippen molar-refractivity contribution < 1.29 is 13.5 Å². The number of rotatable bonds is 7. The molecule has 5 heteroatoms. The van der Waals surface area contributed by atoms with Crippen LogP contribution in [0.4, 0.5) is 0 Å². The van der Waals surface area contributed by atoms with Gasteiger partial charge in [0.05, 0.1) is 5.75 Å². The first kappa shape index (κ1) is 16.5. The van der Waals surface area contributed by atoms with Crippen molar-refractivity contribution in [2.75, 3.05) is 12.4 Å². The Morgan fingerprint density at radius 3 is 2.43 bits per heavy atom. The van der Waals surface area contributed by atoms with E-state index in [4.69, 9.17) is 0 Å². The van der Waals surface area contributed by atoms with Gasteiger partial charge in [-0.2, -0.15) is 0 Å². The highest BCUT2D eigenvalue weighted by Gasteiger charge is 2.24. The van der Waals surface area contributed by atoms with E-state index in [2.05, 4.69) is 4.72 Å². The molecule has 1 saturated carbocycles. The molecule has 0 unspecified atom stereocenters. The number of benzene rings is 1. The Bertz CT molecular complexity index is 510. The van der Waals surface area contributed by atoms with Gasteiger partial charge in [0.1, 0.15) is 0 Å². The number of nitrogens with one attached hydrogen (secondary N) is 1. The number of aliphatic hydroxyl groups excluding tert-OH is 1. The van der Waals surface area contributed by atoms with Crippen molar-refractivity contribution in [3.05, 3.63) is 35.9 Å². The van der Waals surface area contributed by atoms with E-state index in [0.717, 1.165) is 31.2 Å². The summed E-state index contributed by atoms with van der Waals surface area (Å²) in [4.78, 5) is 0. The van der Waals surface area contributed by atoms with E-state index < -0.39 is 10.0 Å². The fourth-order valence-corrected chi connectivity index (χ4v) is 4.77. The predicted molar refractivity (Wildman–Crippen MR) is 84.4 cm³/mol. The maximum atomic E-state index is 12.4. The zero-order chi connectivity index (χ0) is 15.1. The van der Waals surface area contributed by atoms with E-state index in [1.54, 1.807) is 0 Å². The summed E-state index contributed by atoms with van der Waals surface area (Å²) in [6.07, 6.45) is 5.92. The highest BCUT2D eigenvalue weighted by Crippen LogP contribution is 2.25. The molecule has 21 heavy (non-hydrogen) atoms. The van der Waals surface area contributed by atoms with Crippen molar-refractivity contribution in [3.8, 4) is 0 Å². The van der Waals surface area contributed by atoms with Gasteiger partial charge in [0, 0.05) is 12.6 Å². The number of sulfonamides is 1. The topological polar surface area (TPSA) is 66.4 Å². The van der Waals surface area contributed by atoms with Gasteiger partial charge in [-0.3, -0.25) is 0 Å². The lowest BCUT2D eigenvalue weighted by Gasteiger charge is -2.24. The van der Waals surface area contributed by atoms with Crippen molar-refractivity contribution in [1.82, 2.24) is 4.72 Å². The minimum atomic E-state index is -3.31. The molecule has 1 aromatic carbocycles. The van der Waals surface area contributed by atoms with Crippen LogP contribution in [0.25, 0.3) is 0 Å². The van der Waals surface area contributed by atoms with Gasteiger partial charge in [0.2, 0.25) is 10.0 Å². The largest absolute Gasteiger partial charge is 0.396 e. The SMILES string of the molecule is O=S(=O)(CC1CCCCC1)N[C@H](CCO)c1ccccc1. The minimum Gasteiger partial charge on any atom is -0.396 e. The highest BCUT2D eigenvalue weighted by atomic mass is 32.2. The molecule has 2 N–H and O–H groups in total. The Balaban J connectivity index is 2.01. The molecule has 118 valence electrons. The fraction of sp³-hybridized carbons (Fsp3) is 0.625. The van der Waals surface area contributed by atoms with Crippen molar-refractivity contribution in [3.63, 3.8) is 0 Å². The Hall–Kier alpha value is -0.910. The number of hydrogen-bond donors (Lipinski definition) is 2.